The first-order chi connectivity index (χ1) is 10.7. The van der Waals surface area contributed by atoms with Gasteiger partial charge in [0.1, 0.15) is 6.10 Å². The predicted octanol–water partition coefficient (Wildman–Crippen LogP) is 2.88. The van der Waals surface area contributed by atoms with E-state index in [0.717, 1.165) is 16.7 Å². The molecule has 1 N–H and O–H groups in total. The minimum Gasteiger partial charge on any atom is -0.372 e. The van der Waals surface area contributed by atoms with Gasteiger partial charge in [-0.1, -0.05) is 42.5 Å². The van der Waals surface area contributed by atoms with Gasteiger partial charge in [0, 0.05) is 13.7 Å². The third-order valence-corrected chi connectivity index (χ3v) is 3.50. The fraction of sp³-hybridized carbons (Fsp3) is 0.222. The summed E-state index contributed by atoms with van der Waals surface area (Å²) in [4.78, 5) is 11.6. The molecule has 22 heavy (non-hydrogen) atoms. The van der Waals surface area contributed by atoms with Crippen LogP contribution in [0, 0.1) is 11.3 Å². The Kier molecular flexibility index (Phi) is 5.29. The second-order valence-electron chi connectivity index (χ2n) is 4.95. The summed E-state index contributed by atoms with van der Waals surface area (Å²) in [6.45, 7) is 2.16. The number of nitriles is 1. The minimum absolute atomic E-state index is 0.138. The number of hydrogen-bond acceptors (Lipinski definition) is 3. The summed E-state index contributed by atoms with van der Waals surface area (Å²) in [6.07, 6.45) is -0.457. The predicted molar refractivity (Wildman–Crippen MR) is 84.9 cm³/mol. The van der Waals surface area contributed by atoms with E-state index in [4.69, 9.17) is 10.00 Å². The van der Waals surface area contributed by atoms with E-state index in [1.807, 2.05) is 42.5 Å². The molecule has 2 rings (SSSR count). The third-order valence-electron chi connectivity index (χ3n) is 3.50. The fourth-order valence-corrected chi connectivity index (χ4v) is 2.07. The molecule has 0 bridgehead atoms. The average molecular weight is 294 g/mol. The smallest absolute Gasteiger partial charge is 0.249 e. The number of ether oxygens (including phenoxy) is 1. The van der Waals surface area contributed by atoms with E-state index in [1.54, 1.807) is 13.0 Å². The van der Waals surface area contributed by atoms with Gasteiger partial charge in [-0.2, -0.15) is 5.26 Å². The highest BCUT2D eigenvalue weighted by Crippen LogP contribution is 2.23. The number of methoxy groups -OCH3 is 1. The zero-order chi connectivity index (χ0) is 15.9. The lowest BCUT2D eigenvalue weighted by Gasteiger charge is -2.11. The van der Waals surface area contributed by atoms with Gasteiger partial charge in [0.25, 0.3) is 0 Å². The Morgan fingerprint density at radius 2 is 1.91 bits per heavy atom. The van der Waals surface area contributed by atoms with Crippen LogP contribution < -0.4 is 5.32 Å². The van der Waals surface area contributed by atoms with Gasteiger partial charge in [0.2, 0.25) is 5.91 Å². The van der Waals surface area contributed by atoms with E-state index < -0.39 is 6.10 Å². The molecule has 0 spiro atoms. The molecule has 1 unspecified atom stereocenters. The second-order valence-corrected chi connectivity index (χ2v) is 4.95. The van der Waals surface area contributed by atoms with Crippen LogP contribution in [0.15, 0.2) is 48.5 Å². The molecule has 0 saturated heterocycles. The molecule has 0 aromatic heterocycles. The minimum atomic E-state index is -0.457. The highest BCUT2D eigenvalue weighted by Gasteiger charge is 2.10. The summed E-state index contributed by atoms with van der Waals surface area (Å²) < 4.78 is 4.96. The van der Waals surface area contributed by atoms with E-state index >= 15 is 0 Å². The normalized spacial score (nSPS) is 11.5. The van der Waals surface area contributed by atoms with Crippen LogP contribution in [0.3, 0.4) is 0 Å². The van der Waals surface area contributed by atoms with Gasteiger partial charge < -0.3 is 10.1 Å². The SMILES string of the molecule is COC(C)C(=O)NCc1ccc(-c2ccccc2C#N)cc1. The van der Waals surface area contributed by atoms with Crippen molar-refractivity contribution in [3.05, 3.63) is 59.7 Å². The molecule has 0 radical (unpaired) electrons. The summed E-state index contributed by atoms with van der Waals surface area (Å²) in [7, 11) is 1.51. The number of nitrogens with zero attached hydrogens (tertiary/aromatic N) is 1. The molecule has 1 amide bonds. The number of carbonyl (C=O) groups excluding carboxylic acids is 1. The van der Waals surface area contributed by atoms with Gasteiger partial charge in [-0.3, -0.25) is 4.79 Å². The van der Waals surface area contributed by atoms with Crippen molar-refractivity contribution < 1.29 is 9.53 Å². The van der Waals surface area contributed by atoms with Gasteiger partial charge >= 0.3 is 0 Å². The molecular formula is C18H18N2O2. The van der Waals surface area contributed by atoms with Crippen LogP contribution >= 0.6 is 0 Å². The quantitative estimate of drug-likeness (QED) is 0.922. The van der Waals surface area contributed by atoms with Crippen molar-refractivity contribution >= 4 is 5.91 Å². The first kappa shape index (κ1) is 15.7. The number of nitrogens with one attached hydrogen (secondary N) is 1. The van der Waals surface area contributed by atoms with Gasteiger partial charge in [-0.25, -0.2) is 0 Å². The summed E-state index contributed by atoms with van der Waals surface area (Å²) in [5.41, 5.74) is 3.54. The Balaban J connectivity index is 2.08. The summed E-state index contributed by atoms with van der Waals surface area (Å²) in [6, 6.07) is 17.5. The summed E-state index contributed by atoms with van der Waals surface area (Å²) >= 11 is 0. The number of amides is 1. The Morgan fingerprint density at radius 1 is 1.23 bits per heavy atom. The van der Waals surface area contributed by atoms with Crippen LogP contribution in [0.25, 0.3) is 11.1 Å². The van der Waals surface area contributed by atoms with E-state index in [9.17, 15) is 4.79 Å². The van der Waals surface area contributed by atoms with Crippen LogP contribution in [0.1, 0.15) is 18.1 Å². The largest absolute Gasteiger partial charge is 0.372 e. The first-order valence-corrected chi connectivity index (χ1v) is 7.04. The van der Waals surface area contributed by atoms with E-state index in [1.165, 1.54) is 7.11 Å². The van der Waals surface area contributed by atoms with Gasteiger partial charge in [0.05, 0.1) is 11.6 Å². The molecule has 0 saturated carbocycles. The fourth-order valence-electron chi connectivity index (χ4n) is 2.07. The van der Waals surface area contributed by atoms with Gasteiger partial charge in [0.15, 0.2) is 0 Å². The van der Waals surface area contributed by atoms with Crippen molar-refractivity contribution in [2.75, 3.05) is 7.11 Å². The molecule has 2 aromatic carbocycles. The van der Waals surface area contributed by atoms with Crippen molar-refractivity contribution in [1.29, 1.82) is 5.26 Å². The highest BCUT2D eigenvalue weighted by molar-refractivity contribution is 5.80. The molecule has 0 fully saturated rings. The van der Waals surface area contributed by atoms with Crippen molar-refractivity contribution in [3.8, 4) is 17.2 Å². The van der Waals surface area contributed by atoms with E-state index in [0.29, 0.717) is 12.1 Å². The maximum atomic E-state index is 11.6. The molecule has 4 nitrogen and oxygen atoms in total. The van der Waals surface area contributed by atoms with Crippen molar-refractivity contribution in [3.63, 3.8) is 0 Å². The standard InChI is InChI=1S/C18H18N2O2/c1-13(22-2)18(21)20-12-14-7-9-15(10-8-14)17-6-4-3-5-16(17)11-19/h3-10,13H,12H2,1-2H3,(H,20,21). The third kappa shape index (κ3) is 3.72. The van der Waals surface area contributed by atoms with Gasteiger partial charge in [-0.15, -0.1) is 0 Å². The van der Waals surface area contributed by atoms with Crippen LogP contribution in [-0.2, 0) is 16.1 Å². The molecule has 0 aliphatic rings. The Hall–Kier alpha value is -2.64. The summed E-state index contributed by atoms with van der Waals surface area (Å²) in [5.74, 6) is -0.138. The topological polar surface area (TPSA) is 62.1 Å². The van der Waals surface area contributed by atoms with E-state index in [-0.39, 0.29) is 5.91 Å². The molecule has 0 aliphatic carbocycles. The molecule has 4 heteroatoms. The number of benzene rings is 2. The lowest BCUT2D eigenvalue weighted by Crippen LogP contribution is -2.33. The molecular weight excluding hydrogens is 276 g/mol. The summed E-state index contributed by atoms with van der Waals surface area (Å²) in [5, 5.41) is 12.0. The number of carbonyl (C=O) groups is 1. The molecule has 2 aromatic rings. The molecule has 1 atom stereocenters. The maximum absolute atomic E-state index is 11.6. The van der Waals surface area contributed by atoms with Gasteiger partial charge in [-0.05, 0) is 29.7 Å². The Bertz CT molecular complexity index is 687. The second kappa shape index (κ2) is 7.39. The monoisotopic (exact) mass is 294 g/mol. The van der Waals surface area contributed by atoms with Crippen LogP contribution in [0.2, 0.25) is 0 Å². The zero-order valence-corrected chi connectivity index (χ0v) is 12.7. The Morgan fingerprint density at radius 3 is 2.55 bits per heavy atom. The lowest BCUT2D eigenvalue weighted by molar-refractivity contribution is -0.130. The van der Waals surface area contributed by atoms with Crippen molar-refractivity contribution in [2.24, 2.45) is 0 Å². The maximum Gasteiger partial charge on any atom is 0.249 e. The first-order valence-electron chi connectivity index (χ1n) is 7.04. The molecule has 0 aliphatic heterocycles. The lowest BCUT2D eigenvalue weighted by atomic mass is 9.99. The number of rotatable bonds is 5. The highest BCUT2D eigenvalue weighted by atomic mass is 16.5. The van der Waals surface area contributed by atoms with E-state index in [2.05, 4.69) is 11.4 Å². The van der Waals surface area contributed by atoms with Crippen molar-refractivity contribution in [2.45, 2.75) is 19.6 Å². The molecule has 0 heterocycles. The van der Waals surface area contributed by atoms with Crippen LogP contribution in [0.5, 0.6) is 0 Å². The Labute approximate surface area is 130 Å². The zero-order valence-electron chi connectivity index (χ0n) is 12.7. The van der Waals surface area contributed by atoms with Crippen LogP contribution in [-0.4, -0.2) is 19.1 Å². The van der Waals surface area contributed by atoms with Crippen molar-refractivity contribution in [1.82, 2.24) is 5.32 Å². The molecule has 112 valence electrons. The average Bonchev–Trinajstić information content (AvgIpc) is 2.59. The van der Waals surface area contributed by atoms with Crippen LogP contribution in [0.4, 0.5) is 0 Å². The number of hydrogen-bond donors (Lipinski definition) is 1.